The van der Waals surface area contributed by atoms with Gasteiger partial charge in [0.2, 0.25) is 5.76 Å². The summed E-state index contributed by atoms with van der Waals surface area (Å²) in [4.78, 5) is 10.8. The average Bonchev–Trinajstić information content (AvgIpc) is 3.39. The van der Waals surface area contributed by atoms with Crippen molar-refractivity contribution < 1.29 is 14.3 Å². The number of thioether (sulfide) groups is 1. The number of hydrogen-bond donors (Lipinski definition) is 1. The Hall–Kier alpha value is -1.76. The zero-order valence-corrected chi connectivity index (χ0v) is 12.2. The van der Waals surface area contributed by atoms with Crippen molar-refractivity contribution in [1.82, 2.24) is 14.8 Å². The first kappa shape index (κ1) is 12.9. The van der Waals surface area contributed by atoms with Gasteiger partial charge >= 0.3 is 5.97 Å². The third-order valence-electron chi connectivity index (χ3n) is 3.76. The first-order chi connectivity index (χ1) is 10.2. The number of aromatic nitrogens is 3. The minimum Gasteiger partial charge on any atom is -0.475 e. The third-order valence-corrected chi connectivity index (χ3v) is 4.73. The molecule has 2 saturated carbocycles. The molecule has 0 atom stereocenters. The predicted octanol–water partition coefficient (Wildman–Crippen LogP) is 3.07. The summed E-state index contributed by atoms with van der Waals surface area (Å²) in [6.45, 7) is 0. The van der Waals surface area contributed by atoms with Crippen LogP contribution in [0, 0.1) is 0 Å². The summed E-state index contributed by atoms with van der Waals surface area (Å²) in [5.74, 6) is 1.88. The smallest absolute Gasteiger partial charge is 0.371 e. The van der Waals surface area contributed by atoms with Crippen molar-refractivity contribution >= 4 is 17.7 Å². The maximum Gasteiger partial charge on any atom is 0.371 e. The highest BCUT2D eigenvalue weighted by atomic mass is 32.2. The molecule has 0 aliphatic heterocycles. The molecule has 1 N–H and O–H groups in total. The normalized spacial score (nSPS) is 18.1. The molecule has 0 amide bonds. The molecular weight excluding hydrogens is 290 g/mol. The Balaban J connectivity index is 1.50. The maximum absolute atomic E-state index is 10.8. The van der Waals surface area contributed by atoms with E-state index >= 15 is 0 Å². The minimum atomic E-state index is -1.04. The van der Waals surface area contributed by atoms with E-state index in [1.165, 1.54) is 31.7 Å². The molecule has 0 spiro atoms. The highest BCUT2D eigenvalue weighted by Gasteiger charge is 2.36. The number of rotatable bonds is 6. The van der Waals surface area contributed by atoms with Crippen LogP contribution in [-0.4, -0.2) is 25.8 Å². The first-order valence-electron chi connectivity index (χ1n) is 7.12. The van der Waals surface area contributed by atoms with Crippen molar-refractivity contribution in [3.8, 4) is 0 Å². The zero-order valence-electron chi connectivity index (χ0n) is 11.4. The standard InChI is InChI=1S/C14H15N3O3S/c18-13(19)11-6-5-10(20-11)7-21-14-16-15-12(8-1-2-8)17(14)9-3-4-9/h5-6,8-9H,1-4,7H2,(H,18,19). The lowest BCUT2D eigenvalue weighted by Gasteiger charge is -2.07. The second-order valence-electron chi connectivity index (χ2n) is 5.58. The molecule has 2 heterocycles. The number of carboxylic acids is 1. The lowest BCUT2D eigenvalue weighted by molar-refractivity contribution is 0.0661. The molecule has 6 nitrogen and oxygen atoms in total. The zero-order chi connectivity index (χ0) is 14.4. The molecule has 0 aromatic carbocycles. The van der Waals surface area contributed by atoms with Crippen molar-refractivity contribution in [3.05, 3.63) is 29.5 Å². The van der Waals surface area contributed by atoms with Crippen LogP contribution in [0.4, 0.5) is 0 Å². The Labute approximate surface area is 125 Å². The van der Waals surface area contributed by atoms with Crippen LogP contribution in [0.2, 0.25) is 0 Å². The Kier molecular flexibility index (Phi) is 3.02. The van der Waals surface area contributed by atoms with E-state index in [1.54, 1.807) is 17.8 Å². The lowest BCUT2D eigenvalue weighted by Crippen LogP contribution is -2.01. The molecule has 2 aromatic heterocycles. The minimum absolute atomic E-state index is 0.0204. The van der Waals surface area contributed by atoms with Gasteiger partial charge in [0.1, 0.15) is 11.6 Å². The molecule has 2 fully saturated rings. The number of aromatic carboxylic acids is 1. The average molecular weight is 305 g/mol. The van der Waals surface area contributed by atoms with E-state index in [1.807, 2.05) is 0 Å². The number of nitrogens with zero attached hydrogens (tertiary/aromatic N) is 3. The van der Waals surface area contributed by atoms with Crippen LogP contribution in [0.3, 0.4) is 0 Å². The van der Waals surface area contributed by atoms with E-state index in [4.69, 9.17) is 9.52 Å². The monoisotopic (exact) mass is 305 g/mol. The van der Waals surface area contributed by atoms with Gasteiger partial charge in [-0.3, -0.25) is 0 Å². The van der Waals surface area contributed by atoms with E-state index in [9.17, 15) is 4.79 Å². The van der Waals surface area contributed by atoms with Crippen molar-refractivity contribution in [2.24, 2.45) is 0 Å². The summed E-state index contributed by atoms with van der Waals surface area (Å²) in [7, 11) is 0. The largest absolute Gasteiger partial charge is 0.475 e. The SMILES string of the molecule is O=C(O)c1ccc(CSc2nnc(C3CC3)n2C2CC2)o1. The molecule has 0 radical (unpaired) electrons. The molecule has 2 aliphatic rings. The number of carbonyl (C=O) groups is 1. The molecule has 0 unspecified atom stereocenters. The van der Waals surface area contributed by atoms with Gasteiger partial charge in [0.25, 0.3) is 0 Å². The maximum atomic E-state index is 10.8. The van der Waals surface area contributed by atoms with Crippen molar-refractivity contribution in [2.45, 2.75) is 48.6 Å². The van der Waals surface area contributed by atoms with Crippen molar-refractivity contribution in [1.29, 1.82) is 0 Å². The van der Waals surface area contributed by atoms with Gasteiger partial charge in [-0.05, 0) is 37.8 Å². The molecule has 7 heteroatoms. The van der Waals surface area contributed by atoms with Gasteiger partial charge in [-0.1, -0.05) is 11.8 Å². The molecule has 2 aliphatic carbocycles. The Morgan fingerprint density at radius 2 is 2.14 bits per heavy atom. The summed E-state index contributed by atoms with van der Waals surface area (Å²) in [5, 5.41) is 18.4. The van der Waals surface area contributed by atoms with Crippen LogP contribution in [0.1, 0.15) is 59.8 Å². The second-order valence-corrected chi connectivity index (χ2v) is 6.52. The Morgan fingerprint density at radius 1 is 1.33 bits per heavy atom. The van der Waals surface area contributed by atoms with Gasteiger partial charge in [0.05, 0.1) is 5.75 Å². The third kappa shape index (κ3) is 2.57. The molecule has 0 saturated heterocycles. The summed E-state index contributed by atoms with van der Waals surface area (Å²) in [6.07, 6.45) is 4.84. The van der Waals surface area contributed by atoms with Gasteiger partial charge in [-0.15, -0.1) is 10.2 Å². The molecule has 110 valence electrons. The highest BCUT2D eigenvalue weighted by molar-refractivity contribution is 7.98. The second kappa shape index (κ2) is 4.91. The summed E-state index contributed by atoms with van der Waals surface area (Å²) in [5.41, 5.74) is 0. The number of carboxylic acid groups (broad SMARTS) is 1. The van der Waals surface area contributed by atoms with Gasteiger partial charge in [0, 0.05) is 12.0 Å². The summed E-state index contributed by atoms with van der Waals surface area (Å²) in [6, 6.07) is 3.75. The molecule has 4 rings (SSSR count). The van der Waals surface area contributed by atoms with E-state index in [0.717, 1.165) is 11.0 Å². The van der Waals surface area contributed by atoms with Crippen LogP contribution in [-0.2, 0) is 5.75 Å². The summed E-state index contributed by atoms with van der Waals surface area (Å²) >= 11 is 1.56. The molecule has 2 aromatic rings. The van der Waals surface area contributed by atoms with E-state index in [0.29, 0.717) is 23.5 Å². The van der Waals surface area contributed by atoms with Crippen LogP contribution in [0.15, 0.2) is 21.7 Å². The summed E-state index contributed by atoms with van der Waals surface area (Å²) < 4.78 is 7.55. The molecule has 0 bridgehead atoms. The van der Waals surface area contributed by atoms with E-state index < -0.39 is 5.97 Å². The predicted molar refractivity (Wildman–Crippen MR) is 75.5 cm³/mol. The van der Waals surface area contributed by atoms with Crippen LogP contribution < -0.4 is 0 Å². The van der Waals surface area contributed by atoms with E-state index in [-0.39, 0.29) is 5.76 Å². The quantitative estimate of drug-likeness (QED) is 0.826. The first-order valence-corrected chi connectivity index (χ1v) is 8.10. The topological polar surface area (TPSA) is 81.1 Å². The highest BCUT2D eigenvalue weighted by Crippen LogP contribution is 2.46. The molecular formula is C14H15N3O3S. The number of hydrogen-bond acceptors (Lipinski definition) is 5. The van der Waals surface area contributed by atoms with E-state index in [2.05, 4.69) is 14.8 Å². The molecule has 21 heavy (non-hydrogen) atoms. The van der Waals surface area contributed by atoms with Crippen LogP contribution in [0.25, 0.3) is 0 Å². The Morgan fingerprint density at radius 3 is 2.76 bits per heavy atom. The van der Waals surface area contributed by atoms with Crippen LogP contribution in [0.5, 0.6) is 0 Å². The van der Waals surface area contributed by atoms with Gasteiger partial charge in [-0.2, -0.15) is 0 Å². The van der Waals surface area contributed by atoms with Crippen molar-refractivity contribution in [3.63, 3.8) is 0 Å². The fourth-order valence-corrected chi connectivity index (χ4v) is 3.30. The van der Waals surface area contributed by atoms with Crippen LogP contribution >= 0.6 is 11.8 Å². The van der Waals surface area contributed by atoms with Gasteiger partial charge in [0.15, 0.2) is 5.16 Å². The van der Waals surface area contributed by atoms with Gasteiger partial charge < -0.3 is 14.1 Å². The lowest BCUT2D eigenvalue weighted by atomic mass is 10.4. The number of furan rings is 1. The van der Waals surface area contributed by atoms with Gasteiger partial charge in [-0.25, -0.2) is 4.79 Å². The van der Waals surface area contributed by atoms with Crippen molar-refractivity contribution in [2.75, 3.05) is 0 Å². The fraction of sp³-hybridized carbons (Fsp3) is 0.500. The Bertz CT molecular complexity index is 685. The fourth-order valence-electron chi connectivity index (χ4n) is 2.39.